The Morgan fingerprint density at radius 1 is 1.41 bits per heavy atom. The number of hydrogen-bond acceptors (Lipinski definition) is 4. The number of nitrogens with zero attached hydrogens (tertiary/aromatic N) is 2. The zero-order chi connectivity index (χ0) is 12.3. The van der Waals surface area contributed by atoms with Crippen LogP contribution in [0.2, 0.25) is 0 Å². The van der Waals surface area contributed by atoms with Gasteiger partial charge in [0.1, 0.15) is 11.6 Å². The van der Waals surface area contributed by atoms with Gasteiger partial charge in [-0.05, 0) is 26.0 Å². The molecule has 0 aliphatic carbocycles. The maximum absolute atomic E-state index is 5.62. The third-order valence-corrected chi connectivity index (χ3v) is 2.19. The average Bonchev–Trinajstić information content (AvgIpc) is 2.77. The van der Waals surface area contributed by atoms with Crippen LogP contribution in [0, 0.1) is 0 Å². The molecule has 5 heteroatoms. The Morgan fingerprint density at radius 3 is 2.88 bits per heavy atom. The fourth-order valence-electron chi connectivity index (χ4n) is 1.50. The minimum absolute atomic E-state index is 0.150. The normalized spacial score (nSPS) is 10.8. The van der Waals surface area contributed by atoms with Crippen LogP contribution in [0.25, 0.3) is 11.4 Å². The molecule has 0 unspecified atom stereocenters. The molecule has 0 bridgehead atoms. The number of H-pyrrole nitrogens is 1. The van der Waals surface area contributed by atoms with Gasteiger partial charge in [-0.25, -0.2) is 4.98 Å². The van der Waals surface area contributed by atoms with Crippen molar-refractivity contribution in [2.75, 3.05) is 0 Å². The highest BCUT2D eigenvalue weighted by atomic mass is 16.5. The van der Waals surface area contributed by atoms with Crippen molar-refractivity contribution in [2.24, 2.45) is 5.73 Å². The molecule has 0 radical (unpaired) electrons. The lowest BCUT2D eigenvalue weighted by atomic mass is 10.2. The van der Waals surface area contributed by atoms with E-state index in [4.69, 9.17) is 10.5 Å². The van der Waals surface area contributed by atoms with Gasteiger partial charge in [-0.1, -0.05) is 12.1 Å². The number of aromatic nitrogens is 3. The van der Waals surface area contributed by atoms with E-state index in [-0.39, 0.29) is 6.10 Å². The first-order valence-corrected chi connectivity index (χ1v) is 5.57. The van der Waals surface area contributed by atoms with E-state index < -0.39 is 0 Å². The van der Waals surface area contributed by atoms with Gasteiger partial charge in [0, 0.05) is 5.56 Å². The number of rotatable bonds is 4. The Hall–Kier alpha value is -1.88. The third kappa shape index (κ3) is 2.82. The minimum atomic E-state index is 0.150. The van der Waals surface area contributed by atoms with E-state index in [1.165, 1.54) is 0 Å². The second kappa shape index (κ2) is 4.97. The second-order valence-corrected chi connectivity index (χ2v) is 4.00. The molecule has 0 saturated carbocycles. The number of aromatic amines is 1. The second-order valence-electron chi connectivity index (χ2n) is 4.00. The van der Waals surface area contributed by atoms with Gasteiger partial charge in [0.05, 0.1) is 12.6 Å². The lowest BCUT2D eigenvalue weighted by Crippen LogP contribution is -2.05. The molecule has 0 amide bonds. The first-order chi connectivity index (χ1) is 8.19. The quantitative estimate of drug-likeness (QED) is 0.841. The molecule has 2 rings (SSSR count). The van der Waals surface area contributed by atoms with E-state index in [0.717, 1.165) is 11.3 Å². The summed E-state index contributed by atoms with van der Waals surface area (Å²) in [5.74, 6) is 2.13. The Morgan fingerprint density at radius 2 is 2.24 bits per heavy atom. The van der Waals surface area contributed by atoms with Crippen LogP contribution in [-0.2, 0) is 6.54 Å². The number of hydrogen-bond donors (Lipinski definition) is 2. The molecular weight excluding hydrogens is 216 g/mol. The third-order valence-electron chi connectivity index (χ3n) is 2.19. The van der Waals surface area contributed by atoms with Crippen molar-refractivity contribution in [3.8, 4) is 17.1 Å². The Balaban J connectivity index is 2.26. The predicted octanol–water partition coefficient (Wildman–Crippen LogP) is 1.72. The van der Waals surface area contributed by atoms with E-state index in [1.807, 2.05) is 38.1 Å². The molecule has 1 heterocycles. The topological polar surface area (TPSA) is 76.8 Å². The highest BCUT2D eigenvalue weighted by Crippen LogP contribution is 2.21. The van der Waals surface area contributed by atoms with Gasteiger partial charge in [-0.15, -0.1) is 0 Å². The number of benzene rings is 1. The van der Waals surface area contributed by atoms with Crippen LogP contribution in [-0.4, -0.2) is 21.3 Å². The van der Waals surface area contributed by atoms with E-state index in [2.05, 4.69) is 15.2 Å². The van der Waals surface area contributed by atoms with Crippen LogP contribution in [0.1, 0.15) is 19.7 Å². The molecule has 0 atom stereocenters. The maximum atomic E-state index is 5.62. The highest BCUT2D eigenvalue weighted by molar-refractivity contribution is 5.57. The molecule has 5 nitrogen and oxygen atoms in total. The molecule has 17 heavy (non-hydrogen) atoms. The average molecular weight is 232 g/mol. The fourth-order valence-corrected chi connectivity index (χ4v) is 1.50. The summed E-state index contributed by atoms with van der Waals surface area (Å²) in [7, 11) is 0. The first-order valence-electron chi connectivity index (χ1n) is 5.57. The standard InChI is InChI=1S/C12H16N4O/c1-8(2)17-10-5-3-4-9(6-10)12-14-11(7-13)15-16-12/h3-6,8H,7,13H2,1-2H3,(H,14,15,16). The molecule has 0 spiro atoms. The van der Waals surface area contributed by atoms with Crippen molar-refractivity contribution in [2.45, 2.75) is 26.5 Å². The summed E-state index contributed by atoms with van der Waals surface area (Å²) >= 11 is 0. The van der Waals surface area contributed by atoms with Gasteiger partial charge in [0.25, 0.3) is 0 Å². The molecule has 0 aliphatic heterocycles. The summed E-state index contributed by atoms with van der Waals surface area (Å²) < 4.78 is 5.62. The molecule has 2 aromatic rings. The summed E-state index contributed by atoms with van der Waals surface area (Å²) in [6, 6.07) is 7.70. The van der Waals surface area contributed by atoms with E-state index in [9.17, 15) is 0 Å². The largest absolute Gasteiger partial charge is 0.491 e. The smallest absolute Gasteiger partial charge is 0.181 e. The van der Waals surface area contributed by atoms with Gasteiger partial charge in [-0.3, -0.25) is 5.10 Å². The van der Waals surface area contributed by atoms with E-state index in [1.54, 1.807) is 0 Å². The van der Waals surface area contributed by atoms with Crippen molar-refractivity contribution in [3.63, 3.8) is 0 Å². The van der Waals surface area contributed by atoms with Crippen LogP contribution >= 0.6 is 0 Å². The Kier molecular flexibility index (Phi) is 3.39. The Labute approximate surface area is 100 Å². The maximum Gasteiger partial charge on any atom is 0.181 e. The van der Waals surface area contributed by atoms with Gasteiger partial charge in [0.2, 0.25) is 0 Å². The molecule has 0 fully saturated rings. The summed E-state index contributed by atoms with van der Waals surface area (Å²) in [5, 5.41) is 6.89. The predicted molar refractivity (Wildman–Crippen MR) is 65.5 cm³/mol. The molecule has 0 saturated heterocycles. The summed E-state index contributed by atoms with van der Waals surface area (Å²) in [6.07, 6.45) is 0.150. The molecular formula is C12H16N4O. The highest BCUT2D eigenvalue weighted by Gasteiger charge is 2.06. The van der Waals surface area contributed by atoms with E-state index >= 15 is 0 Å². The number of ether oxygens (including phenoxy) is 1. The number of nitrogens with one attached hydrogen (secondary N) is 1. The monoisotopic (exact) mass is 232 g/mol. The van der Waals surface area contributed by atoms with Crippen molar-refractivity contribution in [1.29, 1.82) is 0 Å². The lowest BCUT2D eigenvalue weighted by Gasteiger charge is -2.09. The van der Waals surface area contributed by atoms with Crippen LogP contribution < -0.4 is 10.5 Å². The summed E-state index contributed by atoms with van der Waals surface area (Å²) in [4.78, 5) is 4.27. The van der Waals surface area contributed by atoms with Gasteiger partial charge in [0.15, 0.2) is 5.82 Å². The van der Waals surface area contributed by atoms with Crippen molar-refractivity contribution >= 4 is 0 Å². The van der Waals surface area contributed by atoms with Crippen molar-refractivity contribution in [3.05, 3.63) is 30.1 Å². The van der Waals surface area contributed by atoms with Gasteiger partial charge < -0.3 is 10.5 Å². The molecule has 1 aromatic carbocycles. The molecule has 90 valence electrons. The fraction of sp³-hybridized carbons (Fsp3) is 0.333. The van der Waals surface area contributed by atoms with Gasteiger partial charge in [-0.2, -0.15) is 5.10 Å². The van der Waals surface area contributed by atoms with Crippen LogP contribution in [0.4, 0.5) is 0 Å². The van der Waals surface area contributed by atoms with Crippen LogP contribution in [0.3, 0.4) is 0 Å². The number of nitrogens with two attached hydrogens (primary N) is 1. The van der Waals surface area contributed by atoms with Crippen LogP contribution in [0.5, 0.6) is 5.75 Å². The summed E-state index contributed by atoms with van der Waals surface area (Å²) in [5.41, 5.74) is 6.39. The minimum Gasteiger partial charge on any atom is -0.491 e. The SMILES string of the molecule is CC(C)Oc1cccc(-c2n[nH]c(CN)n2)c1. The van der Waals surface area contributed by atoms with Crippen molar-refractivity contribution < 1.29 is 4.74 Å². The zero-order valence-electron chi connectivity index (χ0n) is 9.97. The molecule has 1 aromatic heterocycles. The van der Waals surface area contributed by atoms with E-state index in [0.29, 0.717) is 18.2 Å². The van der Waals surface area contributed by atoms with Gasteiger partial charge >= 0.3 is 0 Å². The molecule has 0 aliphatic rings. The first kappa shape index (κ1) is 11.6. The lowest BCUT2D eigenvalue weighted by molar-refractivity contribution is 0.242. The Bertz CT molecular complexity index is 493. The van der Waals surface area contributed by atoms with Crippen molar-refractivity contribution in [1.82, 2.24) is 15.2 Å². The zero-order valence-corrected chi connectivity index (χ0v) is 9.97. The molecule has 3 N–H and O–H groups in total. The van der Waals surface area contributed by atoms with Crippen LogP contribution in [0.15, 0.2) is 24.3 Å². The summed E-state index contributed by atoms with van der Waals surface area (Å²) in [6.45, 7) is 4.34.